The molecule has 7 heteroatoms. The maximum absolute atomic E-state index is 12.9. The van der Waals surface area contributed by atoms with Crippen molar-refractivity contribution in [1.29, 1.82) is 0 Å². The molecule has 0 N–H and O–H groups in total. The number of nitrogens with zero attached hydrogens (tertiary/aromatic N) is 3. The third-order valence-corrected chi connectivity index (χ3v) is 5.72. The molecule has 3 heterocycles. The maximum atomic E-state index is 12.9. The molecule has 1 aliphatic heterocycles. The Morgan fingerprint density at radius 3 is 2.68 bits per heavy atom. The summed E-state index contributed by atoms with van der Waals surface area (Å²) < 4.78 is 5.83. The number of amides is 1. The minimum Gasteiger partial charge on any atom is -0.488 e. The van der Waals surface area contributed by atoms with Crippen molar-refractivity contribution in [2.75, 3.05) is 31.1 Å². The quantitative estimate of drug-likeness (QED) is 0.624. The van der Waals surface area contributed by atoms with E-state index in [9.17, 15) is 4.79 Å². The van der Waals surface area contributed by atoms with Crippen molar-refractivity contribution in [2.24, 2.45) is 0 Å². The van der Waals surface area contributed by atoms with E-state index in [-0.39, 0.29) is 5.91 Å². The maximum Gasteiger partial charge on any atom is 0.254 e. The standard InChI is InChI=1S/C21H20ClN3O2S/c22-17-6-7-20(23-14-17)24-8-10-25(11-9-24)21(26)16-3-1-4-18(13-16)27-15-19-5-2-12-28-19/h1-7,12-14H,8-11,15H2. The Kier molecular flexibility index (Phi) is 5.78. The summed E-state index contributed by atoms with van der Waals surface area (Å²) in [5, 5.41) is 2.65. The first-order valence-electron chi connectivity index (χ1n) is 9.10. The van der Waals surface area contributed by atoms with Crippen LogP contribution in [0.1, 0.15) is 15.2 Å². The summed E-state index contributed by atoms with van der Waals surface area (Å²) in [5.41, 5.74) is 0.654. The number of thiophene rings is 1. The molecule has 2 aromatic heterocycles. The number of hydrogen-bond donors (Lipinski definition) is 0. The van der Waals surface area contributed by atoms with Gasteiger partial charge in [0.1, 0.15) is 18.2 Å². The third-order valence-electron chi connectivity index (χ3n) is 4.64. The summed E-state index contributed by atoms with van der Waals surface area (Å²) in [6.45, 7) is 3.32. The van der Waals surface area contributed by atoms with E-state index in [0.29, 0.717) is 36.0 Å². The number of carbonyl (C=O) groups excluding carboxylic acids is 1. The lowest BCUT2D eigenvalue weighted by atomic mass is 10.1. The average Bonchev–Trinajstić information content (AvgIpc) is 3.26. The van der Waals surface area contributed by atoms with Crippen LogP contribution in [0.15, 0.2) is 60.1 Å². The lowest BCUT2D eigenvalue weighted by Gasteiger charge is -2.35. The molecule has 1 saturated heterocycles. The molecule has 1 fully saturated rings. The van der Waals surface area contributed by atoms with Crippen molar-refractivity contribution in [3.8, 4) is 5.75 Å². The first kappa shape index (κ1) is 18.8. The van der Waals surface area contributed by atoms with Crippen LogP contribution in [0.5, 0.6) is 5.75 Å². The van der Waals surface area contributed by atoms with E-state index in [2.05, 4.69) is 9.88 Å². The van der Waals surface area contributed by atoms with Crippen LogP contribution in [-0.4, -0.2) is 42.0 Å². The zero-order valence-electron chi connectivity index (χ0n) is 15.3. The number of halogens is 1. The van der Waals surface area contributed by atoms with Gasteiger partial charge in [0.15, 0.2) is 0 Å². The number of rotatable bonds is 5. The van der Waals surface area contributed by atoms with Crippen molar-refractivity contribution in [2.45, 2.75) is 6.61 Å². The molecule has 0 atom stereocenters. The van der Waals surface area contributed by atoms with E-state index in [1.54, 1.807) is 17.5 Å². The zero-order valence-corrected chi connectivity index (χ0v) is 16.8. The molecule has 0 unspecified atom stereocenters. The molecule has 0 bridgehead atoms. The SMILES string of the molecule is O=C(c1cccc(OCc2cccs2)c1)N1CCN(c2ccc(Cl)cn2)CC1. The van der Waals surface area contributed by atoms with Crippen molar-refractivity contribution < 1.29 is 9.53 Å². The van der Waals surface area contributed by atoms with Gasteiger partial charge in [-0.15, -0.1) is 11.3 Å². The summed E-state index contributed by atoms with van der Waals surface area (Å²) in [7, 11) is 0. The van der Waals surface area contributed by atoms with Gasteiger partial charge in [0.05, 0.1) is 5.02 Å². The second-order valence-electron chi connectivity index (χ2n) is 6.51. The molecule has 4 rings (SSSR count). The van der Waals surface area contributed by atoms with Crippen LogP contribution in [0.4, 0.5) is 5.82 Å². The van der Waals surface area contributed by atoms with Crippen LogP contribution in [-0.2, 0) is 6.61 Å². The normalized spacial score (nSPS) is 14.2. The predicted molar refractivity (Wildman–Crippen MR) is 112 cm³/mol. The molecule has 5 nitrogen and oxygen atoms in total. The number of piperazine rings is 1. The monoisotopic (exact) mass is 413 g/mol. The Labute approximate surface area is 173 Å². The highest BCUT2D eigenvalue weighted by Gasteiger charge is 2.23. The number of carbonyl (C=O) groups is 1. The Morgan fingerprint density at radius 1 is 1.11 bits per heavy atom. The number of pyridine rings is 1. The largest absolute Gasteiger partial charge is 0.488 e. The van der Waals surface area contributed by atoms with E-state index < -0.39 is 0 Å². The van der Waals surface area contributed by atoms with Gasteiger partial charge < -0.3 is 14.5 Å². The lowest BCUT2D eigenvalue weighted by Crippen LogP contribution is -2.49. The number of hydrogen-bond acceptors (Lipinski definition) is 5. The van der Waals surface area contributed by atoms with Gasteiger partial charge in [-0.05, 0) is 41.8 Å². The predicted octanol–water partition coefficient (Wildman–Crippen LogP) is 4.34. The van der Waals surface area contributed by atoms with Gasteiger partial charge in [0, 0.05) is 42.8 Å². The van der Waals surface area contributed by atoms with Crippen molar-refractivity contribution in [1.82, 2.24) is 9.88 Å². The van der Waals surface area contributed by atoms with Gasteiger partial charge in [0.2, 0.25) is 0 Å². The Morgan fingerprint density at radius 2 is 1.96 bits per heavy atom. The average molecular weight is 414 g/mol. The third kappa shape index (κ3) is 4.46. The van der Waals surface area contributed by atoms with Crippen LogP contribution >= 0.6 is 22.9 Å². The van der Waals surface area contributed by atoms with Gasteiger partial charge in [-0.25, -0.2) is 4.98 Å². The minimum atomic E-state index is 0.0327. The topological polar surface area (TPSA) is 45.7 Å². The summed E-state index contributed by atoms with van der Waals surface area (Å²) in [6, 6.07) is 15.2. The van der Waals surface area contributed by atoms with Crippen molar-refractivity contribution in [3.63, 3.8) is 0 Å². The number of ether oxygens (including phenoxy) is 1. The number of aromatic nitrogens is 1. The van der Waals surface area contributed by atoms with Crippen molar-refractivity contribution in [3.05, 3.63) is 75.6 Å². The molecule has 0 saturated carbocycles. The van der Waals surface area contributed by atoms with Gasteiger partial charge in [-0.1, -0.05) is 23.7 Å². The number of anilines is 1. The molecule has 28 heavy (non-hydrogen) atoms. The molecule has 144 valence electrons. The highest BCUT2D eigenvalue weighted by atomic mass is 35.5. The molecule has 1 aromatic carbocycles. The van der Waals surface area contributed by atoms with E-state index in [1.807, 2.05) is 58.8 Å². The minimum absolute atomic E-state index is 0.0327. The highest BCUT2D eigenvalue weighted by Crippen LogP contribution is 2.20. The molecule has 3 aromatic rings. The van der Waals surface area contributed by atoms with E-state index in [0.717, 1.165) is 23.8 Å². The summed E-state index contributed by atoms with van der Waals surface area (Å²) >= 11 is 7.56. The van der Waals surface area contributed by atoms with Crippen LogP contribution in [0.3, 0.4) is 0 Å². The Bertz CT molecular complexity index is 923. The zero-order chi connectivity index (χ0) is 19.3. The summed E-state index contributed by atoms with van der Waals surface area (Å²) in [5.74, 6) is 1.63. The van der Waals surface area contributed by atoms with Crippen LogP contribution in [0.25, 0.3) is 0 Å². The number of benzene rings is 1. The fraction of sp³-hybridized carbons (Fsp3) is 0.238. The molecule has 0 spiro atoms. The van der Waals surface area contributed by atoms with Gasteiger partial charge in [-0.2, -0.15) is 0 Å². The second-order valence-corrected chi connectivity index (χ2v) is 7.98. The first-order valence-corrected chi connectivity index (χ1v) is 10.4. The fourth-order valence-electron chi connectivity index (χ4n) is 3.14. The smallest absolute Gasteiger partial charge is 0.254 e. The Balaban J connectivity index is 1.35. The second kappa shape index (κ2) is 8.63. The van der Waals surface area contributed by atoms with E-state index in [4.69, 9.17) is 16.3 Å². The van der Waals surface area contributed by atoms with Gasteiger partial charge >= 0.3 is 0 Å². The Hall–Kier alpha value is -2.57. The first-order chi connectivity index (χ1) is 13.7. The molecule has 1 amide bonds. The summed E-state index contributed by atoms with van der Waals surface area (Å²) in [4.78, 5) is 22.5. The molecule has 0 aliphatic carbocycles. The van der Waals surface area contributed by atoms with Crippen LogP contribution in [0, 0.1) is 0 Å². The van der Waals surface area contributed by atoms with Gasteiger partial charge in [-0.3, -0.25) is 4.79 Å². The van der Waals surface area contributed by atoms with E-state index >= 15 is 0 Å². The fourth-order valence-corrected chi connectivity index (χ4v) is 3.87. The van der Waals surface area contributed by atoms with E-state index in [1.165, 1.54) is 0 Å². The lowest BCUT2D eigenvalue weighted by molar-refractivity contribution is 0.0746. The van der Waals surface area contributed by atoms with Crippen LogP contribution in [0.2, 0.25) is 5.02 Å². The highest BCUT2D eigenvalue weighted by molar-refractivity contribution is 7.09. The van der Waals surface area contributed by atoms with Crippen LogP contribution < -0.4 is 9.64 Å². The molecule has 0 radical (unpaired) electrons. The molecule has 1 aliphatic rings. The molecular weight excluding hydrogens is 394 g/mol. The molecular formula is C21H20ClN3O2S. The van der Waals surface area contributed by atoms with Gasteiger partial charge in [0.25, 0.3) is 5.91 Å². The summed E-state index contributed by atoms with van der Waals surface area (Å²) in [6.07, 6.45) is 1.65. The van der Waals surface area contributed by atoms with Crippen molar-refractivity contribution >= 4 is 34.7 Å².